The Morgan fingerprint density at radius 2 is 1.95 bits per heavy atom. The van der Waals surface area contributed by atoms with Crippen LogP contribution in [-0.2, 0) is 16.6 Å². The number of carbonyl (C=O) groups is 2. The molecule has 1 aromatic carbocycles. The molecule has 4 heteroatoms. The summed E-state index contributed by atoms with van der Waals surface area (Å²) in [4.78, 5) is 23.5. The molecule has 100 valence electrons. The van der Waals surface area contributed by atoms with E-state index in [1.165, 1.54) is 7.11 Å². The van der Waals surface area contributed by atoms with E-state index in [-0.39, 0.29) is 12.2 Å². The zero-order valence-electron chi connectivity index (χ0n) is 11.6. The van der Waals surface area contributed by atoms with Crippen molar-refractivity contribution in [3.8, 4) is 0 Å². The van der Waals surface area contributed by atoms with Crippen LogP contribution in [0.1, 0.15) is 28.0 Å². The highest BCUT2D eigenvalue weighted by Gasteiger charge is 2.21. The minimum Gasteiger partial charge on any atom is -0.469 e. The number of aryl methyl sites for hydroxylation is 2. The van der Waals surface area contributed by atoms with Crippen LogP contribution >= 0.6 is 0 Å². The maximum atomic E-state index is 12.3. The lowest BCUT2D eigenvalue weighted by Crippen LogP contribution is -2.10. The van der Waals surface area contributed by atoms with Crippen molar-refractivity contribution < 1.29 is 14.3 Å². The fraction of sp³-hybridized carbons (Fsp3) is 0.333. The summed E-state index contributed by atoms with van der Waals surface area (Å²) in [7, 11) is 3.22. The number of hydrogen-bond acceptors (Lipinski definition) is 3. The molecule has 19 heavy (non-hydrogen) atoms. The number of nitrogens with zero attached hydrogens (tertiary/aromatic N) is 1. The molecule has 2 rings (SSSR count). The molecule has 0 aliphatic heterocycles. The Labute approximate surface area is 112 Å². The number of para-hydroxylation sites is 1. The maximum absolute atomic E-state index is 12.3. The van der Waals surface area contributed by atoms with Crippen molar-refractivity contribution in [1.82, 2.24) is 4.57 Å². The molecule has 0 unspecified atom stereocenters. The van der Waals surface area contributed by atoms with Crippen molar-refractivity contribution >= 4 is 22.7 Å². The molecule has 1 aromatic heterocycles. The van der Waals surface area contributed by atoms with Crippen molar-refractivity contribution in [2.45, 2.75) is 20.3 Å². The summed E-state index contributed by atoms with van der Waals surface area (Å²) in [6, 6.07) is 5.85. The maximum Gasteiger partial charge on any atom is 0.313 e. The first-order chi connectivity index (χ1) is 8.97. The summed E-state index contributed by atoms with van der Waals surface area (Å²) in [5.41, 5.74) is 3.64. The van der Waals surface area contributed by atoms with E-state index >= 15 is 0 Å². The fourth-order valence-corrected chi connectivity index (χ4v) is 2.48. The van der Waals surface area contributed by atoms with Gasteiger partial charge in [0.05, 0.1) is 12.6 Å². The average Bonchev–Trinajstić information content (AvgIpc) is 2.63. The van der Waals surface area contributed by atoms with Crippen LogP contribution in [0.15, 0.2) is 18.2 Å². The molecule has 4 nitrogen and oxygen atoms in total. The number of rotatable bonds is 3. The van der Waals surface area contributed by atoms with E-state index in [1.807, 2.05) is 43.7 Å². The van der Waals surface area contributed by atoms with Crippen LogP contribution in [0.4, 0.5) is 0 Å². The van der Waals surface area contributed by atoms with Crippen molar-refractivity contribution in [3.05, 3.63) is 35.0 Å². The highest BCUT2D eigenvalue weighted by Crippen LogP contribution is 2.28. The predicted octanol–water partition coefficient (Wildman–Crippen LogP) is 2.54. The van der Waals surface area contributed by atoms with Crippen LogP contribution < -0.4 is 0 Å². The number of Topliss-reactive ketones (excluding diaryl/α,β-unsaturated/α-hetero) is 1. The van der Waals surface area contributed by atoms with E-state index in [1.54, 1.807) is 0 Å². The third-order valence-corrected chi connectivity index (χ3v) is 3.52. The second-order valence-electron chi connectivity index (χ2n) is 4.67. The van der Waals surface area contributed by atoms with Gasteiger partial charge in [-0.2, -0.15) is 0 Å². The normalized spacial score (nSPS) is 10.7. The lowest BCUT2D eigenvalue weighted by Gasteiger charge is -2.01. The number of esters is 1. The summed E-state index contributed by atoms with van der Waals surface area (Å²) in [6.07, 6.45) is -0.218. The molecule has 0 fully saturated rings. The Morgan fingerprint density at radius 3 is 2.58 bits per heavy atom. The Bertz CT molecular complexity index is 668. The largest absolute Gasteiger partial charge is 0.469 e. The average molecular weight is 259 g/mol. The van der Waals surface area contributed by atoms with Gasteiger partial charge in [0.2, 0.25) is 0 Å². The van der Waals surface area contributed by atoms with Crippen molar-refractivity contribution in [2.75, 3.05) is 7.11 Å². The van der Waals surface area contributed by atoms with Gasteiger partial charge in [0.15, 0.2) is 5.78 Å². The highest BCUT2D eigenvalue weighted by molar-refractivity contribution is 6.14. The van der Waals surface area contributed by atoms with Gasteiger partial charge in [-0.15, -0.1) is 0 Å². The van der Waals surface area contributed by atoms with Crippen molar-refractivity contribution in [1.29, 1.82) is 0 Å². The summed E-state index contributed by atoms with van der Waals surface area (Å²) in [5, 5.41) is 0.897. The Balaban J connectivity index is 2.61. The quantitative estimate of drug-likeness (QED) is 0.483. The molecule has 0 bridgehead atoms. The van der Waals surface area contributed by atoms with Crippen LogP contribution in [-0.4, -0.2) is 23.4 Å². The van der Waals surface area contributed by atoms with Gasteiger partial charge in [0, 0.05) is 23.7 Å². The molecule has 0 radical (unpaired) electrons. The summed E-state index contributed by atoms with van der Waals surface area (Å²) >= 11 is 0. The zero-order chi connectivity index (χ0) is 14.2. The van der Waals surface area contributed by atoms with Gasteiger partial charge in [-0.1, -0.05) is 18.2 Å². The van der Waals surface area contributed by atoms with E-state index in [2.05, 4.69) is 4.74 Å². The lowest BCUT2D eigenvalue weighted by atomic mass is 10.0. The second kappa shape index (κ2) is 4.88. The van der Waals surface area contributed by atoms with E-state index in [4.69, 9.17) is 0 Å². The highest BCUT2D eigenvalue weighted by atomic mass is 16.5. The van der Waals surface area contributed by atoms with Crippen LogP contribution in [0.5, 0.6) is 0 Å². The van der Waals surface area contributed by atoms with Crippen LogP contribution in [0.2, 0.25) is 0 Å². The molecule has 0 atom stereocenters. The standard InChI is InChI=1S/C15H17NO3/c1-9-6-5-7-11-14(10(2)16(3)15(9)11)12(17)8-13(18)19-4/h5-7H,8H2,1-4H3. The molecule has 0 N–H and O–H groups in total. The summed E-state index contributed by atoms with van der Waals surface area (Å²) < 4.78 is 6.55. The molecule has 0 saturated heterocycles. The van der Waals surface area contributed by atoms with E-state index in [0.29, 0.717) is 5.56 Å². The zero-order valence-corrected chi connectivity index (χ0v) is 11.6. The number of fused-ring (bicyclic) bond motifs is 1. The van der Waals surface area contributed by atoms with Crippen LogP contribution in [0, 0.1) is 13.8 Å². The van der Waals surface area contributed by atoms with E-state index in [9.17, 15) is 9.59 Å². The topological polar surface area (TPSA) is 48.3 Å². The van der Waals surface area contributed by atoms with Crippen LogP contribution in [0.25, 0.3) is 10.9 Å². The van der Waals surface area contributed by atoms with Gasteiger partial charge in [0.25, 0.3) is 0 Å². The Kier molecular flexibility index (Phi) is 3.42. The number of ether oxygens (including phenoxy) is 1. The van der Waals surface area contributed by atoms with E-state index in [0.717, 1.165) is 22.2 Å². The number of hydrogen-bond donors (Lipinski definition) is 0. The van der Waals surface area contributed by atoms with Gasteiger partial charge >= 0.3 is 5.97 Å². The molecule has 2 aromatic rings. The van der Waals surface area contributed by atoms with Gasteiger partial charge in [-0.05, 0) is 19.4 Å². The molecule has 0 amide bonds. The predicted molar refractivity (Wildman–Crippen MR) is 73.4 cm³/mol. The molecule has 0 aliphatic carbocycles. The molecule has 1 heterocycles. The monoisotopic (exact) mass is 259 g/mol. The minimum absolute atomic E-state index is 0.194. The fourth-order valence-electron chi connectivity index (χ4n) is 2.48. The SMILES string of the molecule is COC(=O)CC(=O)c1c(C)n(C)c2c(C)cccc12. The summed E-state index contributed by atoms with van der Waals surface area (Å²) in [5.74, 6) is -0.699. The minimum atomic E-state index is -0.506. The smallest absolute Gasteiger partial charge is 0.313 e. The summed E-state index contributed by atoms with van der Waals surface area (Å²) in [6.45, 7) is 3.90. The lowest BCUT2D eigenvalue weighted by molar-refractivity contribution is -0.139. The number of ketones is 1. The first-order valence-electron chi connectivity index (χ1n) is 6.12. The number of methoxy groups -OCH3 is 1. The number of carbonyl (C=O) groups excluding carboxylic acids is 2. The molecule has 0 saturated carbocycles. The van der Waals surface area contributed by atoms with Crippen LogP contribution in [0.3, 0.4) is 0 Å². The molecule has 0 aliphatic rings. The Hall–Kier alpha value is -2.10. The third kappa shape index (κ3) is 2.14. The van der Waals surface area contributed by atoms with Gasteiger partial charge in [-0.3, -0.25) is 9.59 Å². The third-order valence-electron chi connectivity index (χ3n) is 3.52. The Morgan fingerprint density at radius 1 is 1.26 bits per heavy atom. The first-order valence-corrected chi connectivity index (χ1v) is 6.12. The van der Waals surface area contributed by atoms with Gasteiger partial charge in [0.1, 0.15) is 6.42 Å². The number of benzene rings is 1. The molecular weight excluding hydrogens is 242 g/mol. The van der Waals surface area contributed by atoms with Crippen molar-refractivity contribution in [3.63, 3.8) is 0 Å². The first kappa shape index (κ1) is 13.3. The number of aromatic nitrogens is 1. The van der Waals surface area contributed by atoms with E-state index < -0.39 is 5.97 Å². The van der Waals surface area contributed by atoms with Crippen molar-refractivity contribution in [2.24, 2.45) is 7.05 Å². The second-order valence-corrected chi connectivity index (χ2v) is 4.67. The van der Waals surface area contributed by atoms with Gasteiger partial charge in [-0.25, -0.2) is 0 Å². The van der Waals surface area contributed by atoms with Gasteiger partial charge < -0.3 is 9.30 Å². The molecular formula is C15H17NO3. The molecule has 0 spiro atoms.